The Kier molecular flexibility index (Phi) is 17.0. The number of nitrogens with zero attached hydrogens (tertiary/aromatic N) is 2. The smallest absolute Gasteiger partial charge is 0.475 e. The number of hydrogen-bond acceptors (Lipinski definition) is 8. The minimum absolute atomic E-state index is 0.464. The molecule has 256 valence electrons. The van der Waals surface area contributed by atoms with Crippen molar-refractivity contribution >= 4 is 34.4 Å². The van der Waals surface area contributed by atoms with Crippen molar-refractivity contribution in [2.24, 2.45) is 11.7 Å². The Bertz CT molecular complexity index is 986. The summed E-state index contributed by atoms with van der Waals surface area (Å²) in [6.07, 6.45) is -4.04. The van der Waals surface area contributed by atoms with Crippen LogP contribution in [0.25, 0.3) is 0 Å². The zero-order valence-electron chi connectivity index (χ0n) is 23.4. The molecule has 7 N–H and O–H groups in total. The highest BCUT2D eigenvalue weighted by atomic mass is 32.1. The topological polar surface area (TPSA) is 180 Å². The van der Waals surface area contributed by atoms with Crippen LogP contribution in [0.15, 0.2) is 0 Å². The number of aliphatic carboxylic acids is 3. The fourth-order valence-corrected chi connectivity index (χ4v) is 5.23. The maximum Gasteiger partial charge on any atom is 0.490 e. The number of carboxylic acids is 3. The minimum Gasteiger partial charge on any atom is -0.475 e. The third-order valence-corrected chi connectivity index (χ3v) is 7.35. The van der Waals surface area contributed by atoms with Gasteiger partial charge in [-0.1, -0.05) is 6.92 Å². The molecule has 1 heterocycles. The van der Waals surface area contributed by atoms with Gasteiger partial charge in [0.05, 0.1) is 5.69 Å². The molecule has 3 rings (SSSR count). The van der Waals surface area contributed by atoms with E-state index < -0.39 is 36.4 Å². The van der Waals surface area contributed by atoms with Crippen molar-refractivity contribution in [3.63, 3.8) is 0 Å². The van der Waals surface area contributed by atoms with Crippen molar-refractivity contribution < 1.29 is 69.2 Å². The number of hydrogen-bond donors (Lipinski definition) is 5. The summed E-state index contributed by atoms with van der Waals surface area (Å²) in [4.78, 5) is 35.3. The molecule has 0 bridgehead atoms. The zero-order valence-corrected chi connectivity index (χ0v) is 24.3. The Morgan fingerprint density at radius 3 is 1.66 bits per heavy atom. The molecule has 44 heavy (non-hydrogen) atoms. The molecule has 20 heteroatoms. The van der Waals surface area contributed by atoms with E-state index in [0.29, 0.717) is 12.1 Å². The molecule has 0 radical (unpaired) electrons. The highest BCUT2D eigenvalue weighted by Crippen LogP contribution is 2.32. The van der Waals surface area contributed by atoms with E-state index >= 15 is 0 Å². The Hall–Kier alpha value is -2.87. The summed E-state index contributed by atoms with van der Waals surface area (Å²) in [6, 6.07) is 1.15. The van der Waals surface area contributed by atoms with Crippen LogP contribution >= 0.6 is 11.3 Å². The molecule has 0 saturated heterocycles. The molecular weight excluding hydrogens is 643 g/mol. The number of carbonyl (C=O) groups is 3. The highest BCUT2D eigenvalue weighted by molar-refractivity contribution is 7.15. The number of alkyl halides is 9. The number of thiazole rings is 1. The van der Waals surface area contributed by atoms with Gasteiger partial charge < -0.3 is 31.7 Å². The first-order valence-electron chi connectivity index (χ1n) is 13.1. The van der Waals surface area contributed by atoms with Gasteiger partial charge in [0.15, 0.2) is 5.13 Å². The summed E-state index contributed by atoms with van der Waals surface area (Å²) in [5.74, 6) is -7.38. The van der Waals surface area contributed by atoms with Crippen molar-refractivity contribution in [3.05, 3.63) is 10.6 Å². The van der Waals surface area contributed by atoms with Gasteiger partial charge in [-0.25, -0.2) is 19.4 Å². The van der Waals surface area contributed by atoms with Gasteiger partial charge >= 0.3 is 36.4 Å². The van der Waals surface area contributed by atoms with Gasteiger partial charge in [0.2, 0.25) is 0 Å². The number of halogens is 9. The Morgan fingerprint density at radius 2 is 1.27 bits per heavy atom. The summed E-state index contributed by atoms with van der Waals surface area (Å²) in [6.45, 7) is 4.77. The first-order valence-corrected chi connectivity index (χ1v) is 13.9. The van der Waals surface area contributed by atoms with Crippen LogP contribution in [-0.4, -0.2) is 86.8 Å². The number of anilines is 1. The summed E-state index contributed by atoms with van der Waals surface area (Å²) >= 11 is 1.70. The molecule has 0 aliphatic heterocycles. The van der Waals surface area contributed by atoms with Gasteiger partial charge in [0.1, 0.15) is 0 Å². The number of rotatable bonds is 6. The van der Waals surface area contributed by atoms with E-state index in [-0.39, 0.29) is 0 Å². The summed E-state index contributed by atoms with van der Waals surface area (Å²) in [7, 11) is 0. The SMILES string of the molecule is CCCN(CCC1CCC(N)CC1)[C@H]1CCc2nc(N)sc2C1.O=C(O)C(F)(F)F.O=C(O)C(F)(F)F.O=C(O)C(F)(F)F. The third kappa shape index (κ3) is 16.8. The van der Waals surface area contributed by atoms with Gasteiger partial charge in [-0.15, -0.1) is 11.3 Å². The lowest BCUT2D eigenvalue weighted by Gasteiger charge is -2.35. The largest absolute Gasteiger partial charge is 0.490 e. The van der Waals surface area contributed by atoms with Crippen molar-refractivity contribution in [1.82, 2.24) is 9.88 Å². The molecule has 1 aromatic rings. The van der Waals surface area contributed by atoms with Crippen LogP contribution < -0.4 is 11.5 Å². The Balaban J connectivity index is 0.000000721. The monoisotopic (exact) mass is 678 g/mol. The predicted molar refractivity (Wildman–Crippen MR) is 140 cm³/mol. The first kappa shape index (κ1) is 41.1. The average molecular weight is 679 g/mol. The van der Waals surface area contributed by atoms with Crippen molar-refractivity contribution in [3.8, 4) is 0 Å². The number of aryl methyl sites for hydroxylation is 1. The molecule has 0 aromatic carbocycles. The molecule has 1 fully saturated rings. The fourth-order valence-electron chi connectivity index (χ4n) is 4.28. The first-order chi connectivity index (χ1) is 20.0. The number of carboxylic acid groups (broad SMARTS) is 3. The summed E-state index contributed by atoms with van der Waals surface area (Å²) in [5, 5.41) is 22.1. The standard InChI is InChI=1S/C18H32N4S.3C2HF3O2/c1-2-10-22(11-9-13-3-5-14(19)6-4-13)15-7-8-16-17(12-15)23-18(20)21-16;3*3-2(4,5)1(6)7/h13-15H,2-12,19H2,1H3,(H2,20,21);3*(H,6,7)/t13?,14?,15-;;;/m0.../s1. The van der Waals surface area contributed by atoms with Gasteiger partial charge in [-0.05, 0) is 76.8 Å². The van der Waals surface area contributed by atoms with Crippen LogP contribution in [0.5, 0.6) is 0 Å². The summed E-state index contributed by atoms with van der Waals surface area (Å²) in [5.41, 5.74) is 13.2. The van der Waals surface area contributed by atoms with Crippen LogP contribution in [0.3, 0.4) is 0 Å². The number of nitrogen functional groups attached to an aromatic ring is 1. The number of aromatic nitrogens is 1. The van der Waals surface area contributed by atoms with Crippen molar-refractivity contribution in [1.29, 1.82) is 0 Å². The normalized spacial score (nSPS) is 20.0. The predicted octanol–water partition coefficient (Wildman–Crippen LogP) is 5.10. The third-order valence-electron chi connectivity index (χ3n) is 6.40. The van der Waals surface area contributed by atoms with Crippen molar-refractivity contribution in [2.75, 3.05) is 18.8 Å². The molecule has 10 nitrogen and oxygen atoms in total. The van der Waals surface area contributed by atoms with Crippen molar-refractivity contribution in [2.45, 2.75) is 95.3 Å². The molecule has 2 aliphatic carbocycles. The van der Waals surface area contributed by atoms with E-state index in [4.69, 9.17) is 41.2 Å². The lowest BCUT2D eigenvalue weighted by Crippen LogP contribution is -2.41. The van der Waals surface area contributed by atoms with E-state index in [2.05, 4.69) is 16.8 Å². The lowest BCUT2D eigenvalue weighted by molar-refractivity contribution is -0.193. The minimum atomic E-state index is -5.08. The number of nitrogens with two attached hydrogens (primary N) is 2. The van der Waals surface area contributed by atoms with E-state index in [0.717, 1.165) is 23.9 Å². The maximum absolute atomic E-state index is 10.6. The van der Waals surface area contributed by atoms with Gasteiger partial charge in [0, 0.05) is 17.0 Å². The average Bonchev–Trinajstić information content (AvgIpc) is 3.26. The van der Waals surface area contributed by atoms with Crippen LogP contribution in [0.2, 0.25) is 0 Å². The quantitative estimate of drug-likeness (QED) is 0.254. The molecule has 0 spiro atoms. The molecule has 1 atom stereocenters. The van der Waals surface area contributed by atoms with E-state index in [1.807, 2.05) is 0 Å². The van der Waals surface area contributed by atoms with E-state index in [1.54, 1.807) is 11.3 Å². The van der Waals surface area contributed by atoms with Crippen LogP contribution in [0.1, 0.15) is 62.4 Å². The lowest BCUT2D eigenvalue weighted by atomic mass is 9.84. The summed E-state index contributed by atoms with van der Waals surface area (Å²) < 4.78 is 95.2. The molecule has 2 aliphatic rings. The van der Waals surface area contributed by atoms with Gasteiger partial charge in [-0.3, -0.25) is 0 Å². The molecule has 0 unspecified atom stereocenters. The second kappa shape index (κ2) is 18.2. The van der Waals surface area contributed by atoms with E-state index in [1.165, 1.54) is 68.6 Å². The fraction of sp³-hybridized carbons (Fsp3) is 0.750. The molecule has 1 saturated carbocycles. The van der Waals surface area contributed by atoms with Gasteiger partial charge in [0.25, 0.3) is 0 Å². The highest BCUT2D eigenvalue weighted by Gasteiger charge is 2.39. The Labute approximate surface area is 250 Å². The van der Waals surface area contributed by atoms with Gasteiger partial charge in [-0.2, -0.15) is 39.5 Å². The number of fused-ring (bicyclic) bond motifs is 1. The van der Waals surface area contributed by atoms with Crippen LogP contribution in [0.4, 0.5) is 44.6 Å². The van der Waals surface area contributed by atoms with E-state index in [9.17, 15) is 39.5 Å². The van der Waals surface area contributed by atoms with Crippen LogP contribution in [-0.2, 0) is 27.2 Å². The second-order valence-corrected chi connectivity index (χ2v) is 10.9. The second-order valence-electron chi connectivity index (χ2n) is 9.83. The van der Waals surface area contributed by atoms with Crippen LogP contribution in [0, 0.1) is 5.92 Å². The zero-order chi connectivity index (χ0) is 34.5. The Morgan fingerprint density at radius 1 is 0.841 bits per heavy atom. The molecule has 0 amide bonds. The molecular formula is C24H35F9N4O6S. The maximum atomic E-state index is 10.6. The molecule has 1 aromatic heterocycles.